The summed E-state index contributed by atoms with van der Waals surface area (Å²) in [7, 11) is 0. The molecule has 1 nitrogen and oxygen atoms in total. The van der Waals surface area contributed by atoms with E-state index in [1.807, 2.05) is 0 Å². The Kier molecular flexibility index (Phi) is 2.22. The van der Waals surface area contributed by atoms with Crippen molar-refractivity contribution in [1.82, 2.24) is 0 Å². The van der Waals surface area contributed by atoms with Crippen molar-refractivity contribution in [3.8, 4) is 6.07 Å². The fraction of sp³-hybridized carbons (Fsp3) is 0.583. The molecule has 68 valence electrons. The Hall–Kier alpha value is -1.03. The van der Waals surface area contributed by atoms with Gasteiger partial charge in [0.2, 0.25) is 0 Å². The van der Waals surface area contributed by atoms with Crippen molar-refractivity contribution < 1.29 is 0 Å². The second-order valence-corrected chi connectivity index (χ2v) is 4.04. The lowest BCUT2D eigenvalue weighted by Crippen LogP contribution is -2.16. The van der Waals surface area contributed by atoms with Gasteiger partial charge in [0.25, 0.3) is 0 Å². The van der Waals surface area contributed by atoms with Gasteiger partial charge in [-0.15, -0.1) is 0 Å². The lowest BCUT2D eigenvalue weighted by molar-refractivity contribution is 0.501. The first-order chi connectivity index (χ1) is 6.37. The van der Waals surface area contributed by atoms with E-state index < -0.39 is 0 Å². The first-order valence-electron chi connectivity index (χ1n) is 5.16. The summed E-state index contributed by atoms with van der Waals surface area (Å²) in [5.41, 5.74) is 1.18. The van der Waals surface area contributed by atoms with Gasteiger partial charge in [-0.05, 0) is 31.3 Å². The van der Waals surface area contributed by atoms with E-state index in [0.717, 1.165) is 25.7 Å². The van der Waals surface area contributed by atoms with E-state index in [0.29, 0.717) is 0 Å². The van der Waals surface area contributed by atoms with Gasteiger partial charge in [-0.25, -0.2) is 0 Å². The van der Waals surface area contributed by atoms with E-state index >= 15 is 0 Å². The van der Waals surface area contributed by atoms with E-state index in [9.17, 15) is 5.26 Å². The molecule has 0 aromatic heterocycles. The molecule has 0 radical (unpaired) electrons. The standard InChI is InChI=1S/C12H15N/c13-10-12(8-4-5-9-12)11-6-2-1-3-7-11/h2,6-7H,1,3-5,8-9H2. The van der Waals surface area contributed by atoms with Crippen LogP contribution in [0.3, 0.4) is 0 Å². The molecule has 0 unspecified atom stereocenters. The molecular formula is C12H15N. The molecule has 1 saturated carbocycles. The Morgan fingerprint density at radius 1 is 1.23 bits per heavy atom. The molecule has 0 spiro atoms. The molecule has 1 fully saturated rings. The molecule has 0 aromatic rings. The molecule has 0 amide bonds. The van der Waals surface area contributed by atoms with E-state index in [4.69, 9.17) is 0 Å². The summed E-state index contributed by atoms with van der Waals surface area (Å²) >= 11 is 0. The smallest absolute Gasteiger partial charge is 0.0819 e. The summed E-state index contributed by atoms with van der Waals surface area (Å²) in [6.07, 6.45) is 13.5. The Morgan fingerprint density at radius 2 is 2.00 bits per heavy atom. The molecule has 0 bridgehead atoms. The molecule has 2 aliphatic carbocycles. The monoisotopic (exact) mass is 173 g/mol. The minimum absolute atomic E-state index is 0.114. The van der Waals surface area contributed by atoms with Gasteiger partial charge in [-0.1, -0.05) is 31.1 Å². The number of allylic oxidation sites excluding steroid dienone is 4. The largest absolute Gasteiger partial charge is 0.197 e. The van der Waals surface area contributed by atoms with Crippen molar-refractivity contribution in [3.63, 3.8) is 0 Å². The SMILES string of the molecule is N#CC1(C2=CCCC=C2)CCCC1. The molecule has 0 aliphatic heterocycles. The highest BCUT2D eigenvalue weighted by molar-refractivity contribution is 5.35. The maximum absolute atomic E-state index is 9.24. The van der Waals surface area contributed by atoms with E-state index in [2.05, 4.69) is 24.3 Å². The quantitative estimate of drug-likeness (QED) is 0.596. The fourth-order valence-electron chi connectivity index (χ4n) is 2.41. The molecule has 0 aromatic carbocycles. The van der Waals surface area contributed by atoms with Gasteiger partial charge < -0.3 is 0 Å². The highest BCUT2D eigenvalue weighted by atomic mass is 14.4. The topological polar surface area (TPSA) is 23.8 Å². The second kappa shape index (κ2) is 3.38. The van der Waals surface area contributed by atoms with Crippen molar-refractivity contribution in [3.05, 3.63) is 23.8 Å². The van der Waals surface area contributed by atoms with Crippen LogP contribution in [0.15, 0.2) is 23.8 Å². The van der Waals surface area contributed by atoms with Crippen LogP contribution in [-0.4, -0.2) is 0 Å². The maximum Gasteiger partial charge on any atom is 0.0819 e. The minimum Gasteiger partial charge on any atom is -0.197 e. The van der Waals surface area contributed by atoms with Crippen molar-refractivity contribution in [1.29, 1.82) is 5.26 Å². The van der Waals surface area contributed by atoms with Crippen LogP contribution in [0.2, 0.25) is 0 Å². The van der Waals surface area contributed by atoms with E-state index in [-0.39, 0.29) is 5.41 Å². The lowest BCUT2D eigenvalue weighted by atomic mass is 9.78. The van der Waals surface area contributed by atoms with Gasteiger partial charge in [0.1, 0.15) is 0 Å². The molecule has 2 rings (SSSR count). The van der Waals surface area contributed by atoms with Crippen molar-refractivity contribution in [2.45, 2.75) is 38.5 Å². The van der Waals surface area contributed by atoms with Crippen LogP contribution in [0.1, 0.15) is 38.5 Å². The van der Waals surface area contributed by atoms with Gasteiger partial charge >= 0.3 is 0 Å². The number of nitrogens with zero attached hydrogens (tertiary/aromatic N) is 1. The van der Waals surface area contributed by atoms with Crippen LogP contribution in [0, 0.1) is 16.7 Å². The number of hydrogen-bond donors (Lipinski definition) is 0. The second-order valence-electron chi connectivity index (χ2n) is 4.04. The summed E-state index contributed by atoms with van der Waals surface area (Å²) in [5, 5.41) is 9.24. The fourth-order valence-corrected chi connectivity index (χ4v) is 2.41. The lowest BCUT2D eigenvalue weighted by Gasteiger charge is -2.23. The Bertz CT molecular complexity index is 285. The van der Waals surface area contributed by atoms with Gasteiger partial charge in [-0.3, -0.25) is 0 Å². The van der Waals surface area contributed by atoms with Gasteiger partial charge in [-0.2, -0.15) is 5.26 Å². The summed E-state index contributed by atoms with van der Waals surface area (Å²) in [5.74, 6) is 0. The Morgan fingerprint density at radius 3 is 2.54 bits per heavy atom. The highest BCUT2D eigenvalue weighted by Gasteiger charge is 2.36. The Balaban J connectivity index is 2.26. The summed E-state index contributed by atoms with van der Waals surface area (Å²) < 4.78 is 0. The molecule has 2 aliphatic rings. The third-order valence-corrected chi connectivity index (χ3v) is 3.22. The van der Waals surface area contributed by atoms with Crippen LogP contribution < -0.4 is 0 Å². The van der Waals surface area contributed by atoms with Crippen LogP contribution >= 0.6 is 0 Å². The number of rotatable bonds is 1. The van der Waals surface area contributed by atoms with Gasteiger partial charge in [0.05, 0.1) is 11.5 Å². The molecule has 0 atom stereocenters. The van der Waals surface area contributed by atoms with Gasteiger partial charge in [0, 0.05) is 0 Å². The predicted octanol–water partition coefficient (Wildman–Crippen LogP) is 3.35. The average Bonchev–Trinajstić information content (AvgIpc) is 2.69. The zero-order valence-corrected chi connectivity index (χ0v) is 7.92. The van der Waals surface area contributed by atoms with Crippen LogP contribution in [0.4, 0.5) is 0 Å². The van der Waals surface area contributed by atoms with E-state index in [1.54, 1.807) is 0 Å². The molecule has 13 heavy (non-hydrogen) atoms. The Labute approximate surface area is 79.8 Å². The highest BCUT2D eigenvalue weighted by Crippen LogP contribution is 2.45. The van der Waals surface area contributed by atoms with Crippen molar-refractivity contribution in [2.24, 2.45) is 5.41 Å². The molecule has 0 heterocycles. The maximum atomic E-state index is 9.24. The number of nitriles is 1. The summed E-state index contributed by atoms with van der Waals surface area (Å²) in [6.45, 7) is 0. The van der Waals surface area contributed by atoms with Gasteiger partial charge in [0.15, 0.2) is 0 Å². The predicted molar refractivity (Wildman–Crippen MR) is 53.0 cm³/mol. The van der Waals surface area contributed by atoms with Crippen LogP contribution in [0.25, 0.3) is 0 Å². The molecule has 0 N–H and O–H groups in total. The number of hydrogen-bond acceptors (Lipinski definition) is 1. The summed E-state index contributed by atoms with van der Waals surface area (Å²) in [4.78, 5) is 0. The van der Waals surface area contributed by atoms with Crippen molar-refractivity contribution >= 4 is 0 Å². The molecule has 1 heteroatoms. The zero-order chi connectivity index (χ0) is 9.15. The van der Waals surface area contributed by atoms with Crippen molar-refractivity contribution in [2.75, 3.05) is 0 Å². The first kappa shape index (κ1) is 8.56. The third-order valence-electron chi connectivity index (χ3n) is 3.22. The normalized spacial score (nSPS) is 25.3. The summed E-state index contributed by atoms with van der Waals surface area (Å²) in [6, 6.07) is 2.53. The van der Waals surface area contributed by atoms with Crippen LogP contribution in [0.5, 0.6) is 0 Å². The molecular weight excluding hydrogens is 158 g/mol. The third kappa shape index (κ3) is 1.42. The van der Waals surface area contributed by atoms with Crippen LogP contribution in [-0.2, 0) is 0 Å². The minimum atomic E-state index is -0.114. The zero-order valence-electron chi connectivity index (χ0n) is 7.92. The van der Waals surface area contributed by atoms with E-state index in [1.165, 1.54) is 18.4 Å². The molecule has 0 saturated heterocycles. The first-order valence-corrected chi connectivity index (χ1v) is 5.16. The average molecular weight is 173 g/mol.